The van der Waals surface area contributed by atoms with E-state index in [-0.39, 0.29) is 17.6 Å². The number of benzene rings is 1. The summed E-state index contributed by atoms with van der Waals surface area (Å²) in [5.74, 6) is -0.367. The molecule has 0 spiro atoms. The third-order valence-electron chi connectivity index (χ3n) is 6.09. The highest BCUT2D eigenvalue weighted by atomic mass is 19.1. The first kappa shape index (κ1) is 24.7. The molecule has 9 heteroatoms. The lowest BCUT2D eigenvalue weighted by atomic mass is 9.85. The number of amides is 1. The van der Waals surface area contributed by atoms with Gasteiger partial charge in [0.2, 0.25) is 5.91 Å². The monoisotopic (exact) mass is 478 g/mol. The molecule has 0 aliphatic heterocycles. The summed E-state index contributed by atoms with van der Waals surface area (Å²) in [4.78, 5) is 26.4. The summed E-state index contributed by atoms with van der Waals surface area (Å²) < 4.78 is 15.0. The van der Waals surface area contributed by atoms with E-state index in [2.05, 4.69) is 32.3 Å². The second-order valence-electron chi connectivity index (χ2n) is 9.51. The highest BCUT2D eigenvalue weighted by Gasteiger charge is 2.34. The van der Waals surface area contributed by atoms with Gasteiger partial charge in [-0.3, -0.25) is 20.4 Å². The number of nitrogens with zero attached hydrogens (tertiary/aromatic N) is 4. The third-order valence-corrected chi connectivity index (χ3v) is 6.09. The molecule has 2 aliphatic rings. The quantitative estimate of drug-likeness (QED) is 0.329. The fraction of sp³-hybridized carbons (Fsp3) is 0.385. The van der Waals surface area contributed by atoms with Gasteiger partial charge in [0, 0.05) is 17.7 Å². The first-order valence-electron chi connectivity index (χ1n) is 11.8. The zero-order valence-corrected chi connectivity index (χ0v) is 20.3. The first-order valence-corrected chi connectivity index (χ1v) is 11.8. The maximum absolute atomic E-state index is 15.0. The number of carbonyl (C=O) groups is 1. The molecule has 1 aromatic carbocycles. The van der Waals surface area contributed by atoms with E-state index in [0.717, 1.165) is 36.5 Å². The van der Waals surface area contributed by atoms with Gasteiger partial charge in [0.1, 0.15) is 11.6 Å². The second-order valence-corrected chi connectivity index (χ2v) is 9.51. The summed E-state index contributed by atoms with van der Waals surface area (Å²) in [5, 5.41) is 13.6. The molecule has 4 rings (SSSR count). The predicted octanol–water partition coefficient (Wildman–Crippen LogP) is 4.97. The van der Waals surface area contributed by atoms with Crippen molar-refractivity contribution in [2.24, 2.45) is 10.4 Å². The van der Waals surface area contributed by atoms with Crippen LogP contribution in [-0.4, -0.2) is 38.0 Å². The lowest BCUT2D eigenvalue weighted by Crippen LogP contribution is -2.39. The van der Waals surface area contributed by atoms with Crippen LogP contribution in [-0.2, 0) is 4.79 Å². The molecule has 35 heavy (non-hydrogen) atoms. The van der Waals surface area contributed by atoms with Crippen molar-refractivity contribution in [3.8, 4) is 11.3 Å². The zero-order chi connectivity index (χ0) is 25.2. The fourth-order valence-corrected chi connectivity index (χ4v) is 3.52. The molecule has 0 atom stereocenters. The van der Waals surface area contributed by atoms with Gasteiger partial charge in [0.05, 0.1) is 40.4 Å². The average molecular weight is 479 g/mol. The number of aliphatic imine (C=N–C) groups is 1. The number of hydrazine groups is 1. The molecule has 1 heterocycles. The number of halogens is 1. The van der Waals surface area contributed by atoms with Crippen LogP contribution in [0.1, 0.15) is 58.1 Å². The molecule has 2 fully saturated rings. The van der Waals surface area contributed by atoms with E-state index in [0.29, 0.717) is 22.9 Å². The van der Waals surface area contributed by atoms with Crippen molar-refractivity contribution in [3.63, 3.8) is 0 Å². The Kier molecular flexibility index (Phi) is 7.09. The van der Waals surface area contributed by atoms with Crippen molar-refractivity contribution in [3.05, 3.63) is 66.7 Å². The number of hydroxylamine groups is 1. The molecule has 3 N–H and O–H groups in total. The van der Waals surface area contributed by atoms with E-state index >= 15 is 0 Å². The van der Waals surface area contributed by atoms with Gasteiger partial charge in [0.25, 0.3) is 0 Å². The molecular formula is C26H31FN6O2. The predicted molar refractivity (Wildman–Crippen MR) is 133 cm³/mol. The van der Waals surface area contributed by atoms with Crippen LogP contribution in [0.25, 0.3) is 11.3 Å². The van der Waals surface area contributed by atoms with Crippen molar-refractivity contribution < 1.29 is 14.4 Å². The van der Waals surface area contributed by atoms with E-state index in [1.807, 2.05) is 6.92 Å². The molecule has 0 unspecified atom stereocenters. The van der Waals surface area contributed by atoms with Crippen LogP contribution in [0.5, 0.6) is 0 Å². The Hall–Kier alpha value is -3.43. The minimum absolute atomic E-state index is 0.0385. The third kappa shape index (κ3) is 5.98. The molecule has 2 aliphatic carbocycles. The summed E-state index contributed by atoms with van der Waals surface area (Å²) in [5.41, 5.74) is 4.18. The van der Waals surface area contributed by atoms with Gasteiger partial charge >= 0.3 is 0 Å². The van der Waals surface area contributed by atoms with Crippen LogP contribution in [0.15, 0.2) is 60.1 Å². The van der Waals surface area contributed by atoms with Crippen molar-refractivity contribution in [1.29, 1.82) is 0 Å². The Balaban J connectivity index is 1.49. The minimum atomic E-state index is -1.12. The number of carbonyl (C=O) groups excluding carboxylic acids is 1. The van der Waals surface area contributed by atoms with Gasteiger partial charge in [-0.15, -0.1) is 5.17 Å². The molecule has 2 saturated carbocycles. The highest BCUT2D eigenvalue weighted by Crippen LogP contribution is 2.39. The van der Waals surface area contributed by atoms with Gasteiger partial charge in [-0.05, 0) is 64.7 Å². The second kappa shape index (κ2) is 10.1. The van der Waals surface area contributed by atoms with E-state index in [1.54, 1.807) is 44.5 Å². The number of anilines is 1. The summed E-state index contributed by atoms with van der Waals surface area (Å²) in [6.45, 7) is 9.01. The molecule has 1 aromatic heterocycles. The Labute approximate surface area is 204 Å². The standard InChI is InChI=1S/C26H31FN6O2/c1-5-6-24(29-16(2)32-33(35)19-10-11-19)26(3,4)25(34)31-21-12-9-18(13-20(21)27)23-15-28-14-22(30-23)17-7-8-17/h5-6,9,12-15,17,19,32,35H,2,7-8,10-11H2,1,3-4H3,(H,31,34)/b6-5-,29-24+. The van der Waals surface area contributed by atoms with Gasteiger partial charge in [-0.25, -0.2) is 14.4 Å². The lowest BCUT2D eigenvalue weighted by molar-refractivity contribution is -0.136. The Morgan fingerprint density at radius 2 is 2.03 bits per heavy atom. The fourth-order valence-electron chi connectivity index (χ4n) is 3.52. The molecule has 0 radical (unpaired) electrons. The van der Waals surface area contributed by atoms with E-state index < -0.39 is 17.1 Å². The first-order chi connectivity index (χ1) is 16.7. The van der Waals surface area contributed by atoms with Crippen LogP contribution >= 0.6 is 0 Å². The van der Waals surface area contributed by atoms with Crippen LogP contribution in [0, 0.1) is 11.2 Å². The maximum Gasteiger partial charge on any atom is 0.236 e. The topological polar surface area (TPSA) is 103 Å². The van der Waals surface area contributed by atoms with Crippen LogP contribution in [0.2, 0.25) is 0 Å². The lowest BCUT2D eigenvalue weighted by Gasteiger charge is -2.25. The number of rotatable bonds is 10. The van der Waals surface area contributed by atoms with Gasteiger partial charge < -0.3 is 5.32 Å². The summed E-state index contributed by atoms with van der Waals surface area (Å²) >= 11 is 0. The van der Waals surface area contributed by atoms with Gasteiger partial charge in [-0.1, -0.05) is 18.7 Å². The molecule has 184 valence electrons. The summed E-state index contributed by atoms with van der Waals surface area (Å²) in [6, 6.07) is 4.63. The Morgan fingerprint density at radius 3 is 2.66 bits per heavy atom. The summed E-state index contributed by atoms with van der Waals surface area (Å²) in [6.07, 6.45) is 10.8. The largest absolute Gasteiger partial charge is 0.323 e. The van der Waals surface area contributed by atoms with Crippen molar-refractivity contribution in [2.45, 2.75) is 58.4 Å². The van der Waals surface area contributed by atoms with E-state index in [4.69, 9.17) is 0 Å². The molecule has 0 bridgehead atoms. The SMILES string of the molecule is C=C(/N=C(\C=C/C)C(C)(C)C(=O)Nc1ccc(-c2cncc(C3CC3)n2)cc1F)NN(O)C1CC1. The maximum atomic E-state index is 15.0. The molecule has 8 nitrogen and oxygen atoms in total. The Bertz CT molecular complexity index is 1180. The normalized spacial score (nSPS) is 16.6. The highest BCUT2D eigenvalue weighted by molar-refractivity contribution is 6.17. The molecule has 2 aromatic rings. The van der Waals surface area contributed by atoms with E-state index in [9.17, 15) is 14.4 Å². The van der Waals surface area contributed by atoms with Crippen LogP contribution < -0.4 is 10.7 Å². The smallest absolute Gasteiger partial charge is 0.236 e. The Morgan fingerprint density at radius 1 is 1.29 bits per heavy atom. The van der Waals surface area contributed by atoms with Crippen molar-refractivity contribution in [1.82, 2.24) is 20.6 Å². The summed E-state index contributed by atoms with van der Waals surface area (Å²) in [7, 11) is 0. The van der Waals surface area contributed by atoms with Crippen LogP contribution in [0.4, 0.5) is 10.1 Å². The van der Waals surface area contributed by atoms with Crippen molar-refractivity contribution >= 4 is 17.3 Å². The average Bonchev–Trinajstić information content (AvgIpc) is 3.72. The zero-order valence-electron chi connectivity index (χ0n) is 20.3. The number of aromatic nitrogens is 2. The molecular weight excluding hydrogens is 447 g/mol. The van der Waals surface area contributed by atoms with E-state index in [1.165, 1.54) is 12.1 Å². The number of hydrogen-bond acceptors (Lipinski definition) is 7. The van der Waals surface area contributed by atoms with Crippen molar-refractivity contribution in [2.75, 3.05) is 5.32 Å². The van der Waals surface area contributed by atoms with Gasteiger partial charge in [-0.2, -0.15) is 0 Å². The molecule has 0 saturated heterocycles. The van der Waals surface area contributed by atoms with Crippen LogP contribution in [0.3, 0.4) is 0 Å². The number of nitrogens with one attached hydrogen (secondary N) is 2. The minimum Gasteiger partial charge on any atom is -0.323 e. The number of allylic oxidation sites excluding steroid dienone is 2. The molecule has 1 amide bonds. The van der Waals surface area contributed by atoms with Gasteiger partial charge in [0.15, 0.2) is 0 Å². The number of hydrogen-bond donors (Lipinski definition) is 3.